The highest BCUT2D eigenvalue weighted by Crippen LogP contribution is 2.35. The highest BCUT2D eigenvalue weighted by molar-refractivity contribution is 6.29. The van der Waals surface area contributed by atoms with Crippen LogP contribution in [0.15, 0.2) is 47.1 Å². The second kappa shape index (κ2) is 3.60. The van der Waals surface area contributed by atoms with Crippen molar-refractivity contribution in [3.8, 4) is 0 Å². The first-order valence-electron chi connectivity index (χ1n) is 5.72. The van der Waals surface area contributed by atoms with Crippen molar-refractivity contribution in [3.63, 3.8) is 0 Å². The second-order valence-electron chi connectivity index (χ2n) is 4.50. The van der Waals surface area contributed by atoms with E-state index in [4.69, 9.17) is 0 Å². The van der Waals surface area contributed by atoms with Crippen molar-refractivity contribution in [2.45, 2.75) is 13.3 Å². The van der Waals surface area contributed by atoms with E-state index in [1.807, 2.05) is 0 Å². The van der Waals surface area contributed by atoms with E-state index in [0.717, 1.165) is 0 Å². The number of rotatable bonds is 1. The lowest BCUT2D eigenvalue weighted by molar-refractivity contribution is -0.113. The van der Waals surface area contributed by atoms with Crippen molar-refractivity contribution in [2.75, 3.05) is 0 Å². The Balaban J connectivity index is 2.15. The molecule has 0 aliphatic heterocycles. The van der Waals surface area contributed by atoms with Crippen molar-refractivity contribution < 1.29 is 14.4 Å². The first-order chi connectivity index (χ1) is 8.59. The van der Waals surface area contributed by atoms with Gasteiger partial charge < -0.3 is 0 Å². The van der Waals surface area contributed by atoms with Gasteiger partial charge in [0, 0.05) is 34.3 Å². The predicted octanol–water partition coefficient (Wildman–Crippen LogP) is 2.28. The number of hydrogen-bond acceptors (Lipinski definition) is 3. The standard InChI is InChI=1S/C15H10O3/c1-8(16)9-6-12-13(7-9)15(18)11-5-3-2-4-10(11)14(12)17/h2-6H,7H2,1H3. The molecule has 18 heavy (non-hydrogen) atoms. The van der Waals surface area contributed by atoms with Crippen molar-refractivity contribution in [1.82, 2.24) is 0 Å². The molecule has 0 saturated heterocycles. The van der Waals surface area contributed by atoms with Crippen molar-refractivity contribution >= 4 is 17.3 Å². The van der Waals surface area contributed by atoms with Gasteiger partial charge in [0.2, 0.25) is 0 Å². The highest BCUT2D eigenvalue weighted by atomic mass is 16.1. The second-order valence-corrected chi connectivity index (χ2v) is 4.50. The average molecular weight is 238 g/mol. The van der Waals surface area contributed by atoms with E-state index in [0.29, 0.717) is 27.8 Å². The minimum Gasteiger partial charge on any atom is -0.295 e. The molecule has 0 spiro atoms. The van der Waals surface area contributed by atoms with Crippen LogP contribution in [-0.2, 0) is 4.79 Å². The highest BCUT2D eigenvalue weighted by Gasteiger charge is 2.34. The Morgan fingerprint density at radius 1 is 1.06 bits per heavy atom. The lowest BCUT2D eigenvalue weighted by Gasteiger charge is -2.15. The zero-order chi connectivity index (χ0) is 12.9. The molecule has 0 atom stereocenters. The summed E-state index contributed by atoms with van der Waals surface area (Å²) in [6.07, 6.45) is 1.84. The Labute approximate surface area is 104 Å². The molecule has 3 heteroatoms. The molecule has 0 N–H and O–H groups in total. The molecule has 2 aliphatic rings. The van der Waals surface area contributed by atoms with Crippen LogP contribution in [0.25, 0.3) is 0 Å². The van der Waals surface area contributed by atoms with Gasteiger partial charge in [0.25, 0.3) is 0 Å². The van der Waals surface area contributed by atoms with Gasteiger partial charge in [-0.2, -0.15) is 0 Å². The minimum atomic E-state index is -0.156. The molecule has 3 rings (SSSR count). The van der Waals surface area contributed by atoms with Crippen LogP contribution in [0.2, 0.25) is 0 Å². The molecule has 2 aliphatic carbocycles. The number of allylic oxidation sites excluding steroid dienone is 4. The number of hydrogen-bond donors (Lipinski definition) is 0. The lowest BCUT2D eigenvalue weighted by atomic mass is 9.85. The maximum Gasteiger partial charge on any atom is 0.194 e. The van der Waals surface area contributed by atoms with Crippen LogP contribution in [0, 0.1) is 0 Å². The lowest BCUT2D eigenvalue weighted by Crippen LogP contribution is -2.19. The normalized spacial score (nSPS) is 17.5. The number of Topliss-reactive ketones (excluding diaryl/α,β-unsaturated/α-hetero) is 3. The number of carbonyl (C=O) groups excluding carboxylic acids is 3. The fourth-order valence-electron chi connectivity index (χ4n) is 2.42. The Morgan fingerprint density at radius 2 is 1.67 bits per heavy atom. The summed E-state index contributed by atoms with van der Waals surface area (Å²) in [5.41, 5.74) is 2.27. The Kier molecular flexibility index (Phi) is 2.17. The first kappa shape index (κ1) is 10.8. The van der Waals surface area contributed by atoms with Crippen molar-refractivity contribution in [1.29, 1.82) is 0 Å². The molecule has 0 bridgehead atoms. The van der Waals surface area contributed by atoms with Crippen LogP contribution in [0.5, 0.6) is 0 Å². The zero-order valence-electron chi connectivity index (χ0n) is 9.82. The third-order valence-corrected chi connectivity index (χ3v) is 3.40. The largest absolute Gasteiger partial charge is 0.295 e. The van der Waals surface area contributed by atoms with Gasteiger partial charge in [0.05, 0.1) is 0 Å². The van der Waals surface area contributed by atoms with E-state index in [1.54, 1.807) is 30.3 Å². The molecule has 0 radical (unpaired) electrons. The van der Waals surface area contributed by atoms with E-state index in [1.165, 1.54) is 6.92 Å². The van der Waals surface area contributed by atoms with Gasteiger partial charge in [-0.15, -0.1) is 0 Å². The Bertz CT molecular complexity index is 675. The zero-order valence-corrected chi connectivity index (χ0v) is 9.82. The molecule has 1 aromatic rings. The number of ketones is 3. The summed E-state index contributed by atoms with van der Waals surface area (Å²) in [4.78, 5) is 35.9. The van der Waals surface area contributed by atoms with Gasteiger partial charge in [0.1, 0.15) is 0 Å². The maximum atomic E-state index is 12.3. The molecular weight excluding hydrogens is 228 g/mol. The fourth-order valence-corrected chi connectivity index (χ4v) is 2.42. The monoisotopic (exact) mass is 238 g/mol. The molecule has 0 amide bonds. The van der Waals surface area contributed by atoms with Gasteiger partial charge in [-0.1, -0.05) is 24.3 Å². The number of benzene rings is 1. The molecule has 0 fully saturated rings. The van der Waals surface area contributed by atoms with E-state index in [-0.39, 0.29) is 23.8 Å². The third kappa shape index (κ3) is 1.34. The fraction of sp³-hybridized carbons (Fsp3) is 0.133. The number of fused-ring (bicyclic) bond motifs is 1. The van der Waals surface area contributed by atoms with Crippen molar-refractivity contribution in [3.05, 3.63) is 58.2 Å². The summed E-state index contributed by atoms with van der Waals surface area (Å²) >= 11 is 0. The SMILES string of the molecule is CC(=O)C1=CC2=C(C1)C(=O)c1ccccc1C2=O. The van der Waals surface area contributed by atoms with Gasteiger partial charge in [-0.05, 0) is 13.0 Å². The van der Waals surface area contributed by atoms with E-state index in [9.17, 15) is 14.4 Å². The van der Waals surface area contributed by atoms with Gasteiger partial charge in [-0.25, -0.2) is 0 Å². The van der Waals surface area contributed by atoms with E-state index in [2.05, 4.69) is 0 Å². The molecule has 0 heterocycles. The van der Waals surface area contributed by atoms with Gasteiger partial charge >= 0.3 is 0 Å². The van der Waals surface area contributed by atoms with Crippen molar-refractivity contribution in [2.24, 2.45) is 0 Å². The molecule has 1 aromatic carbocycles. The summed E-state index contributed by atoms with van der Waals surface area (Å²) in [6, 6.07) is 6.79. The average Bonchev–Trinajstić information content (AvgIpc) is 2.81. The summed E-state index contributed by atoms with van der Waals surface area (Å²) in [5.74, 6) is -0.377. The van der Waals surface area contributed by atoms with E-state index < -0.39 is 0 Å². The molecule has 0 saturated carbocycles. The molecule has 0 aromatic heterocycles. The van der Waals surface area contributed by atoms with E-state index >= 15 is 0 Å². The molecular formula is C15H10O3. The minimum absolute atomic E-state index is 0.0888. The molecule has 3 nitrogen and oxygen atoms in total. The topological polar surface area (TPSA) is 51.2 Å². The Morgan fingerprint density at radius 3 is 2.28 bits per heavy atom. The third-order valence-electron chi connectivity index (χ3n) is 3.40. The molecule has 0 unspecified atom stereocenters. The Hall–Kier alpha value is -2.29. The maximum absolute atomic E-state index is 12.3. The van der Waals surface area contributed by atoms with Crippen LogP contribution in [0.3, 0.4) is 0 Å². The summed E-state index contributed by atoms with van der Waals surface area (Å²) in [7, 11) is 0. The first-order valence-corrected chi connectivity index (χ1v) is 5.72. The summed E-state index contributed by atoms with van der Waals surface area (Å²) < 4.78 is 0. The van der Waals surface area contributed by atoms with Crippen LogP contribution in [-0.4, -0.2) is 17.3 Å². The van der Waals surface area contributed by atoms with Crippen LogP contribution in [0.4, 0.5) is 0 Å². The van der Waals surface area contributed by atoms with Gasteiger partial charge in [0.15, 0.2) is 17.3 Å². The van der Waals surface area contributed by atoms with Gasteiger partial charge in [-0.3, -0.25) is 14.4 Å². The van der Waals surface area contributed by atoms with Crippen LogP contribution < -0.4 is 0 Å². The van der Waals surface area contributed by atoms with Crippen LogP contribution in [0.1, 0.15) is 34.1 Å². The number of carbonyl (C=O) groups is 3. The smallest absolute Gasteiger partial charge is 0.194 e. The van der Waals surface area contributed by atoms with Crippen LogP contribution >= 0.6 is 0 Å². The summed E-state index contributed by atoms with van der Waals surface area (Å²) in [5, 5.41) is 0. The summed E-state index contributed by atoms with van der Waals surface area (Å²) in [6.45, 7) is 1.45. The molecule has 88 valence electrons. The predicted molar refractivity (Wildman–Crippen MR) is 65.5 cm³/mol. The quantitative estimate of drug-likeness (QED) is 0.754.